The third-order valence-electron chi connectivity index (χ3n) is 2.66. The van der Waals surface area contributed by atoms with Gasteiger partial charge in [0.05, 0.1) is 12.1 Å². The molecule has 2 amide bonds. The minimum absolute atomic E-state index is 0.0315. The highest BCUT2D eigenvalue weighted by molar-refractivity contribution is 5.85. The van der Waals surface area contributed by atoms with Gasteiger partial charge in [0.1, 0.15) is 0 Å². The van der Waals surface area contributed by atoms with E-state index in [0.29, 0.717) is 19.5 Å². The zero-order chi connectivity index (χ0) is 10.7. The lowest BCUT2D eigenvalue weighted by Crippen LogP contribution is -2.59. The van der Waals surface area contributed by atoms with E-state index in [1.807, 2.05) is 11.8 Å². The number of hydrogen-bond acceptors (Lipinski definition) is 3. The summed E-state index contributed by atoms with van der Waals surface area (Å²) in [6.07, 6.45) is 0.646. The lowest BCUT2D eigenvalue weighted by molar-refractivity contribution is -0.133. The Kier molecular flexibility index (Phi) is 3.46. The van der Waals surface area contributed by atoms with Gasteiger partial charge in [-0.15, -0.1) is 0 Å². The number of carbonyl (C=O) groups is 2. The summed E-state index contributed by atoms with van der Waals surface area (Å²) < 4.78 is 0. The Bertz CT molecular complexity index is 242. The Balaban J connectivity index is 2.73. The first-order valence-corrected chi connectivity index (χ1v) is 4.90. The number of carbonyl (C=O) groups excluding carboxylic acids is 2. The molecule has 3 N–H and O–H groups in total. The highest BCUT2D eigenvalue weighted by atomic mass is 16.2. The smallest absolute Gasteiger partial charge is 0.237 e. The van der Waals surface area contributed by atoms with Crippen LogP contribution >= 0.6 is 0 Å². The fourth-order valence-corrected chi connectivity index (χ4v) is 1.83. The monoisotopic (exact) mass is 199 g/mol. The van der Waals surface area contributed by atoms with Crippen LogP contribution in [0.4, 0.5) is 0 Å². The fraction of sp³-hybridized carbons (Fsp3) is 0.778. The van der Waals surface area contributed by atoms with Crippen molar-refractivity contribution in [3.8, 4) is 0 Å². The number of piperazine rings is 1. The van der Waals surface area contributed by atoms with E-state index >= 15 is 0 Å². The number of nitrogens with zero attached hydrogens (tertiary/aromatic N) is 1. The van der Waals surface area contributed by atoms with Crippen molar-refractivity contribution < 1.29 is 9.59 Å². The first-order chi connectivity index (χ1) is 6.57. The van der Waals surface area contributed by atoms with Crippen molar-refractivity contribution in [2.75, 3.05) is 13.1 Å². The Morgan fingerprint density at radius 2 is 2.43 bits per heavy atom. The molecule has 1 saturated heterocycles. The van der Waals surface area contributed by atoms with E-state index in [2.05, 4.69) is 5.32 Å². The van der Waals surface area contributed by atoms with E-state index in [4.69, 9.17) is 5.73 Å². The molecule has 0 aromatic carbocycles. The summed E-state index contributed by atoms with van der Waals surface area (Å²) in [5.74, 6) is -0.384. The van der Waals surface area contributed by atoms with Crippen molar-refractivity contribution >= 4 is 11.8 Å². The molecule has 1 rings (SSSR count). The van der Waals surface area contributed by atoms with Crippen LogP contribution in [0.5, 0.6) is 0 Å². The Hall–Kier alpha value is -1.10. The molecule has 0 aliphatic carbocycles. The lowest BCUT2D eigenvalue weighted by atomic mass is 10.1. The van der Waals surface area contributed by atoms with Gasteiger partial charge < -0.3 is 11.1 Å². The van der Waals surface area contributed by atoms with Crippen molar-refractivity contribution in [2.45, 2.75) is 32.4 Å². The van der Waals surface area contributed by atoms with Gasteiger partial charge in [0.2, 0.25) is 11.8 Å². The molecule has 0 aromatic rings. The minimum Gasteiger partial charge on any atom is -0.368 e. The van der Waals surface area contributed by atoms with Gasteiger partial charge >= 0.3 is 0 Å². The molecule has 0 radical (unpaired) electrons. The van der Waals surface area contributed by atoms with Gasteiger partial charge in [-0.1, -0.05) is 6.92 Å². The maximum atomic E-state index is 11.3. The molecule has 5 heteroatoms. The molecule has 2 atom stereocenters. The van der Waals surface area contributed by atoms with Crippen LogP contribution in [0.1, 0.15) is 20.3 Å². The summed E-state index contributed by atoms with van der Waals surface area (Å²) in [6.45, 7) is 4.97. The van der Waals surface area contributed by atoms with Gasteiger partial charge in [0.15, 0.2) is 0 Å². The molecule has 1 aliphatic heterocycles. The molecule has 14 heavy (non-hydrogen) atoms. The summed E-state index contributed by atoms with van der Waals surface area (Å²) in [6, 6.07) is -0.586. The van der Waals surface area contributed by atoms with Crippen molar-refractivity contribution in [1.82, 2.24) is 10.2 Å². The second-order valence-corrected chi connectivity index (χ2v) is 3.53. The van der Waals surface area contributed by atoms with Gasteiger partial charge in [-0.3, -0.25) is 14.5 Å². The van der Waals surface area contributed by atoms with Crippen molar-refractivity contribution in [3.63, 3.8) is 0 Å². The first-order valence-electron chi connectivity index (χ1n) is 4.90. The van der Waals surface area contributed by atoms with E-state index in [0.717, 1.165) is 0 Å². The maximum Gasteiger partial charge on any atom is 0.237 e. The van der Waals surface area contributed by atoms with Crippen LogP contribution in [-0.4, -0.2) is 41.9 Å². The maximum absolute atomic E-state index is 11.3. The summed E-state index contributed by atoms with van der Waals surface area (Å²) in [5.41, 5.74) is 5.27. The molecule has 80 valence electrons. The molecular weight excluding hydrogens is 182 g/mol. The zero-order valence-corrected chi connectivity index (χ0v) is 8.62. The molecule has 0 saturated carbocycles. The molecule has 0 aromatic heterocycles. The second-order valence-electron chi connectivity index (χ2n) is 3.53. The van der Waals surface area contributed by atoms with Crippen molar-refractivity contribution in [1.29, 1.82) is 0 Å². The number of nitrogens with two attached hydrogens (primary N) is 1. The van der Waals surface area contributed by atoms with Crippen LogP contribution in [0.2, 0.25) is 0 Å². The van der Waals surface area contributed by atoms with Crippen LogP contribution in [0.25, 0.3) is 0 Å². The third kappa shape index (κ3) is 2.04. The predicted molar refractivity (Wildman–Crippen MR) is 52.5 cm³/mol. The molecule has 2 unspecified atom stereocenters. The molecule has 0 bridgehead atoms. The molecule has 1 heterocycles. The summed E-state index contributed by atoms with van der Waals surface area (Å²) in [7, 11) is 0. The molecule has 1 fully saturated rings. The number of rotatable bonds is 3. The minimum atomic E-state index is -0.353. The van der Waals surface area contributed by atoms with Gasteiger partial charge in [0, 0.05) is 13.1 Å². The molecule has 0 spiro atoms. The van der Waals surface area contributed by atoms with Crippen molar-refractivity contribution in [3.05, 3.63) is 0 Å². The molecular formula is C9H17N3O2. The van der Waals surface area contributed by atoms with Gasteiger partial charge in [-0.25, -0.2) is 0 Å². The van der Waals surface area contributed by atoms with Crippen LogP contribution in [0.3, 0.4) is 0 Å². The van der Waals surface area contributed by atoms with Crippen LogP contribution in [-0.2, 0) is 9.59 Å². The average Bonchev–Trinajstić information content (AvgIpc) is 2.13. The average molecular weight is 199 g/mol. The zero-order valence-electron chi connectivity index (χ0n) is 8.62. The quantitative estimate of drug-likeness (QED) is 0.616. The second kappa shape index (κ2) is 4.41. The summed E-state index contributed by atoms with van der Waals surface area (Å²) in [4.78, 5) is 24.3. The van der Waals surface area contributed by atoms with E-state index < -0.39 is 0 Å². The highest BCUT2D eigenvalue weighted by Crippen LogP contribution is 2.11. The Morgan fingerprint density at radius 3 is 2.93 bits per heavy atom. The van der Waals surface area contributed by atoms with E-state index in [1.165, 1.54) is 0 Å². The van der Waals surface area contributed by atoms with Crippen molar-refractivity contribution in [2.24, 2.45) is 5.73 Å². The van der Waals surface area contributed by atoms with E-state index in [9.17, 15) is 9.59 Å². The van der Waals surface area contributed by atoms with E-state index in [1.54, 1.807) is 6.92 Å². The Labute approximate surface area is 83.6 Å². The summed E-state index contributed by atoms with van der Waals surface area (Å²) in [5, 5.41) is 2.75. The number of hydrogen-bond donors (Lipinski definition) is 2. The van der Waals surface area contributed by atoms with E-state index in [-0.39, 0.29) is 23.9 Å². The normalized spacial score (nSPS) is 25.6. The standard InChI is InChI=1S/C9H17N3O2/c1-3-7(8(10)13)12-5-4-11-9(14)6(12)2/h6-7H,3-5H2,1-2H3,(H2,10,13)(H,11,14). The third-order valence-corrected chi connectivity index (χ3v) is 2.66. The van der Waals surface area contributed by atoms with Crippen LogP contribution < -0.4 is 11.1 Å². The molecule has 5 nitrogen and oxygen atoms in total. The Morgan fingerprint density at radius 1 is 1.79 bits per heavy atom. The largest absolute Gasteiger partial charge is 0.368 e. The topological polar surface area (TPSA) is 75.4 Å². The fourth-order valence-electron chi connectivity index (χ4n) is 1.83. The van der Waals surface area contributed by atoms with Gasteiger partial charge in [-0.05, 0) is 13.3 Å². The predicted octanol–water partition coefficient (Wildman–Crippen LogP) is -0.929. The first kappa shape index (κ1) is 11.0. The highest BCUT2D eigenvalue weighted by Gasteiger charge is 2.32. The lowest BCUT2D eigenvalue weighted by Gasteiger charge is -2.36. The summed E-state index contributed by atoms with van der Waals surface area (Å²) >= 11 is 0. The van der Waals surface area contributed by atoms with Crippen LogP contribution in [0.15, 0.2) is 0 Å². The molecule has 1 aliphatic rings. The number of amides is 2. The van der Waals surface area contributed by atoms with Gasteiger partial charge in [-0.2, -0.15) is 0 Å². The number of nitrogens with one attached hydrogen (secondary N) is 1. The van der Waals surface area contributed by atoms with Gasteiger partial charge in [0.25, 0.3) is 0 Å². The number of primary amides is 1. The SMILES string of the molecule is CCC(C(N)=O)N1CCNC(=O)C1C. The van der Waals surface area contributed by atoms with Crippen LogP contribution in [0, 0.1) is 0 Å².